The molecule has 0 radical (unpaired) electrons. The fourth-order valence-electron chi connectivity index (χ4n) is 2.61. The predicted octanol–water partition coefficient (Wildman–Crippen LogP) is 4.02. The number of carbonyl (C=O) groups excluding carboxylic acids is 1. The molecular formula is C17H13F6N5O4. The molecule has 0 spiro atoms. The smallest absolute Gasteiger partial charge is 0.354 e. The molecule has 0 unspecified atom stereocenters. The molecule has 0 bridgehead atoms. The Morgan fingerprint density at radius 1 is 1.12 bits per heavy atom. The van der Waals surface area contributed by atoms with Gasteiger partial charge < -0.3 is 9.47 Å². The number of rotatable bonds is 6. The molecule has 0 fully saturated rings. The molecule has 15 heteroatoms. The highest BCUT2D eigenvalue weighted by molar-refractivity contribution is 5.94. The molecule has 1 amide bonds. The first-order valence-corrected chi connectivity index (χ1v) is 8.38. The summed E-state index contributed by atoms with van der Waals surface area (Å²) in [5.74, 6) is -1.99. The summed E-state index contributed by atoms with van der Waals surface area (Å²) in [6.45, 7) is -0.566. The van der Waals surface area contributed by atoms with Crippen LogP contribution in [-0.2, 0) is 28.4 Å². The Kier molecular flexibility index (Phi) is 7.28. The summed E-state index contributed by atoms with van der Waals surface area (Å²) in [5.41, 5.74) is 2.45. The van der Waals surface area contributed by atoms with Crippen LogP contribution in [0.15, 0.2) is 34.3 Å². The summed E-state index contributed by atoms with van der Waals surface area (Å²) in [7, 11) is 2.32. The average Bonchev–Trinajstić information content (AvgIpc) is 2.71. The number of carbonyl (C=O) groups is 1. The Bertz CT molecular complexity index is 1090. The summed E-state index contributed by atoms with van der Waals surface area (Å²) >= 11 is 0. The van der Waals surface area contributed by atoms with Crippen molar-refractivity contribution in [3.8, 4) is 11.4 Å². The van der Waals surface area contributed by atoms with Gasteiger partial charge in [0.2, 0.25) is 0 Å². The minimum Gasteiger partial charge on any atom is -0.354 e. The molecule has 0 saturated carbocycles. The summed E-state index contributed by atoms with van der Waals surface area (Å²) in [6, 6.07) is 0.659. The molecule has 0 aliphatic rings. The zero-order valence-corrected chi connectivity index (χ0v) is 16.2. The third kappa shape index (κ3) is 5.43. The van der Waals surface area contributed by atoms with Gasteiger partial charge in [-0.2, -0.15) is 26.3 Å². The van der Waals surface area contributed by atoms with Crippen molar-refractivity contribution in [3.05, 3.63) is 61.9 Å². The van der Waals surface area contributed by atoms with E-state index in [2.05, 4.69) is 15.0 Å². The fourth-order valence-corrected chi connectivity index (χ4v) is 2.61. The number of alkyl halides is 6. The third-order valence-corrected chi connectivity index (χ3v) is 4.12. The number of azide groups is 1. The van der Waals surface area contributed by atoms with Gasteiger partial charge in [-0.05, 0) is 28.8 Å². The minimum absolute atomic E-state index is 0.0847. The topological polar surface area (TPSA) is 119 Å². The Morgan fingerprint density at radius 2 is 1.66 bits per heavy atom. The predicted molar refractivity (Wildman–Crippen MR) is 95.2 cm³/mol. The summed E-state index contributed by atoms with van der Waals surface area (Å²) < 4.78 is 89.7. The number of methoxy groups -OCH3 is 2. The molecule has 1 aromatic heterocycles. The van der Waals surface area contributed by atoms with Crippen LogP contribution in [0.2, 0.25) is 0 Å². The Labute approximate surface area is 174 Å². The van der Waals surface area contributed by atoms with Gasteiger partial charge in [-0.15, -0.1) is 0 Å². The van der Waals surface area contributed by atoms with Crippen molar-refractivity contribution < 1.29 is 40.6 Å². The minimum atomic E-state index is -5.14. The van der Waals surface area contributed by atoms with E-state index in [0.29, 0.717) is 22.9 Å². The van der Waals surface area contributed by atoms with E-state index in [1.807, 2.05) is 0 Å². The van der Waals surface area contributed by atoms with Crippen molar-refractivity contribution in [2.24, 2.45) is 5.11 Å². The molecule has 0 saturated heterocycles. The number of halogens is 6. The second-order valence-corrected chi connectivity index (χ2v) is 6.10. The van der Waals surface area contributed by atoms with Crippen LogP contribution in [-0.4, -0.2) is 36.0 Å². The molecule has 0 N–H and O–H groups in total. The van der Waals surface area contributed by atoms with Gasteiger partial charge in [-0.25, -0.2) is 4.98 Å². The third-order valence-electron chi connectivity index (χ3n) is 4.12. The largest absolute Gasteiger partial charge is 0.416 e. The van der Waals surface area contributed by atoms with E-state index in [4.69, 9.17) is 15.0 Å². The van der Waals surface area contributed by atoms with Crippen LogP contribution < -0.4 is 5.56 Å². The molecular weight excluding hydrogens is 452 g/mol. The van der Waals surface area contributed by atoms with Gasteiger partial charge in [0.1, 0.15) is 11.4 Å². The van der Waals surface area contributed by atoms with E-state index < -0.39 is 64.7 Å². The van der Waals surface area contributed by atoms with Crippen LogP contribution in [0.4, 0.5) is 26.3 Å². The van der Waals surface area contributed by atoms with Crippen LogP contribution in [0.5, 0.6) is 0 Å². The van der Waals surface area contributed by atoms with E-state index in [1.165, 1.54) is 0 Å². The van der Waals surface area contributed by atoms with Gasteiger partial charge in [-0.1, -0.05) is 0 Å². The highest BCUT2D eigenvalue weighted by Gasteiger charge is 2.37. The molecule has 2 aromatic rings. The monoisotopic (exact) mass is 465 g/mol. The lowest BCUT2D eigenvalue weighted by Gasteiger charge is -2.20. The lowest BCUT2D eigenvalue weighted by Crippen LogP contribution is -2.33. The molecule has 1 heterocycles. The SMILES string of the molecule is COC(Cn1c(-c2cc(C(F)(F)F)cc(C(F)(F)F)c2)ncc(C(=O)N=[N+]=[N-])c1=O)OC. The van der Waals surface area contributed by atoms with E-state index in [9.17, 15) is 35.9 Å². The van der Waals surface area contributed by atoms with Crippen molar-refractivity contribution in [2.75, 3.05) is 14.2 Å². The summed E-state index contributed by atoms with van der Waals surface area (Å²) in [6.07, 6.45) is -10.9. The Morgan fingerprint density at radius 3 is 2.09 bits per heavy atom. The Balaban J connectivity index is 2.86. The van der Waals surface area contributed by atoms with E-state index in [0.717, 1.165) is 14.2 Å². The van der Waals surface area contributed by atoms with E-state index >= 15 is 0 Å². The van der Waals surface area contributed by atoms with Crippen molar-refractivity contribution in [2.45, 2.75) is 25.2 Å². The van der Waals surface area contributed by atoms with Crippen LogP contribution in [0.3, 0.4) is 0 Å². The van der Waals surface area contributed by atoms with Crippen molar-refractivity contribution in [1.29, 1.82) is 0 Å². The molecule has 32 heavy (non-hydrogen) atoms. The zero-order valence-electron chi connectivity index (χ0n) is 16.2. The Hall–Kier alpha value is -3.42. The summed E-state index contributed by atoms with van der Waals surface area (Å²) in [5, 5.41) is 2.74. The molecule has 9 nitrogen and oxygen atoms in total. The van der Waals surface area contributed by atoms with Crippen LogP contribution in [0.1, 0.15) is 21.5 Å². The number of nitrogens with zero attached hydrogens (tertiary/aromatic N) is 5. The highest BCUT2D eigenvalue weighted by Crippen LogP contribution is 2.38. The number of benzene rings is 1. The van der Waals surface area contributed by atoms with E-state index in [1.54, 1.807) is 0 Å². The van der Waals surface area contributed by atoms with E-state index in [-0.39, 0.29) is 6.07 Å². The van der Waals surface area contributed by atoms with Crippen LogP contribution in [0, 0.1) is 0 Å². The number of amides is 1. The lowest BCUT2D eigenvalue weighted by atomic mass is 10.0. The average molecular weight is 465 g/mol. The maximum Gasteiger partial charge on any atom is 0.416 e. The molecule has 0 aliphatic carbocycles. The fraction of sp³-hybridized carbons (Fsp3) is 0.353. The summed E-state index contributed by atoms with van der Waals surface area (Å²) in [4.78, 5) is 30.5. The van der Waals surface area contributed by atoms with Crippen molar-refractivity contribution in [3.63, 3.8) is 0 Å². The quantitative estimate of drug-likeness (QED) is 0.210. The highest BCUT2D eigenvalue weighted by atomic mass is 19.4. The number of ether oxygens (including phenoxy) is 2. The van der Waals surface area contributed by atoms with Crippen LogP contribution in [0.25, 0.3) is 21.8 Å². The van der Waals surface area contributed by atoms with Gasteiger partial charge in [0.25, 0.3) is 11.5 Å². The van der Waals surface area contributed by atoms with Gasteiger partial charge in [0.05, 0.1) is 17.7 Å². The first kappa shape index (κ1) is 24.8. The number of hydrogen-bond acceptors (Lipinski definition) is 5. The molecule has 0 aliphatic heterocycles. The maximum absolute atomic E-state index is 13.2. The molecule has 1 aromatic carbocycles. The maximum atomic E-state index is 13.2. The normalized spacial score (nSPS) is 12.0. The van der Waals surface area contributed by atoms with Crippen molar-refractivity contribution in [1.82, 2.24) is 9.55 Å². The van der Waals surface area contributed by atoms with Gasteiger partial charge in [0, 0.05) is 30.9 Å². The molecule has 2 rings (SSSR count). The number of aromatic nitrogens is 2. The number of hydrogen-bond donors (Lipinski definition) is 0. The molecule has 0 atom stereocenters. The second-order valence-electron chi connectivity index (χ2n) is 6.10. The van der Waals surface area contributed by atoms with Crippen molar-refractivity contribution >= 4 is 5.91 Å². The van der Waals surface area contributed by atoms with Gasteiger partial charge >= 0.3 is 12.4 Å². The van der Waals surface area contributed by atoms with Gasteiger partial charge in [0.15, 0.2) is 6.29 Å². The second kappa shape index (κ2) is 9.38. The molecule has 172 valence electrons. The van der Waals surface area contributed by atoms with Gasteiger partial charge in [-0.3, -0.25) is 14.2 Å². The first-order valence-electron chi connectivity index (χ1n) is 8.38. The standard InChI is InChI=1S/C17H13F6N5O4/c1-31-12(32-2)7-28-13(25-6-11(15(28)30)14(29)26-27-24)8-3-9(16(18,19)20)5-10(4-8)17(21,22)23/h3-6,12H,7H2,1-2H3. The lowest BCUT2D eigenvalue weighted by molar-refractivity contribution is -0.143. The zero-order chi connectivity index (χ0) is 24.3. The first-order chi connectivity index (χ1) is 14.8. The van der Waals surface area contributed by atoms with Crippen LogP contribution >= 0.6 is 0 Å².